The number of carbonyl (C=O) groups excluding carboxylic acids is 1. The van der Waals surface area contributed by atoms with Crippen LogP contribution in [0.2, 0.25) is 0 Å². The van der Waals surface area contributed by atoms with Crippen LogP contribution >= 0.6 is 11.6 Å². The molecule has 0 aliphatic carbocycles. The van der Waals surface area contributed by atoms with E-state index in [0.717, 1.165) is 0 Å². The van der Waals surface area contributed by atoms with E-state index in [9.17, 15) is 4.79 Å². The van der Waals surface area contributed by atoms with Gasteiger partial charge in [-0.05, 0) is 13.3 Å². The molecule has 0 fully saturated rings. The molecule has 0 heterocycles. The molecule has 1 unspecified atom stereocenters. The van der Waals surface area contributed by atoms with Crippen LogP contribution in [0.5, 0.6) is 0 Å². The fourth-order valence-corrected chi connectivity index (χ4v) is 0.896. The Morgan fingerprint density at radius 1 is 1.67 bits per heavy atom. The number of nitrogens with one attached hydrogen (secondary N) is 1. The van der Waals surface area contributed by atoms with Crippen LogP contribution in [0.25, 0.3) is 0 Å². The number of halogens is 1. The summed E-state index contributed by atoms with van der Waals surface area (Å²) in [6.45, 7) is 3.67. The zero-order chi connectivity index (χ0) is 9.61. The Balaban J connectivity index is 3.93. The van der Waals surface area contributed by atoms with E-state index >= 15 is 0 Å². The molecule has 0 aliphatic rings. The Hall–Kier alpha value is -0.280. The van der Waals surface area contributed by atoms with Crippen LogP contribution < -0.4 is 5.32 Å². The average Bonchev–Trinajstić information content (AvgIpc) is 2.05. The Labute approximate surface area is 78.1 Å². The fraction of sp³-hybridized carbons (Fsp3) is 0.875. The summed E-state index contributed by atoms with van der Waals surface area (Å²) in [4.78, 5) is 11.1. The van der Waals surface area contributed by atoms with Crippen molar-refractivity contribution in [2.45, 2.75) is 32.2 Å². The van der Waals surface area contributed by atoms with Crippen molar-refractivity contribution in [2.24, 2.45) is 0 Å². The zero-order valence-electron chi connectivity index (χ0n) is 7.56. The lowest BCUT2D eigenvalue weighted by Crippen LogP contribution is -2.48. The minimum atomic E-state index is -0.497. The highest BCUT2D eigenvalue weighted by atomic mass is 35.5. The quantitative estimate of drug-likeness (QED) is 0.638. The summed E-state index contributed by atoms with van der Waals surface area (Å²) in [5.41, 5.74) is -0.497. The van der Waals surface area contributed by atoms with E-state index in [4.69, 9.17) is 16.7 Å². The molecule has 0 saturated carbocycles. The lowest BCUT2D eigenvalue weighted by Gasteiger charge is -2.26. The molecule has 0 rings (SSSR count). The van der Waals surface area contributed by atoms with Crippen molar-refractivity contribution in [3.63, 3.8) is 0 Å². The summed E-state index contributed by atoms with van der Waals surface area (Å²) in [5.74, 6) is 0.209. The Morgan fingerprint density at radius 3 is 2.58 bits per heavy atom. The molecule has 0 aromatic heterocycles. The van der Waals surface area contributed by atoms with Gasteiger partial charge >= 0.3 is 0 Å². The molecule has 0 spiro atoms. The second-order valence-electron chi connectivity index (χ2n) is 3.06. The predicted molar refractivity (Wildman–Crippen MR) is 49.3 cm³/mol. The molecule has 3 nitrogen and oxygen atoms in total. The zero-order valence-corrected chi connectivity index (χ0v) is 8.32. The van der Waals surface area contributed by atoms with Gasteiger partial charge in [-0.3, -0.25) is 4.79 Å². The minimum absolute atomic E-state index is 0.0441. The van der Waals surface area contributed by atoms with Gasteiger partial charge in [0.25, 0.3) is 0 Å². The van der Waals surface area contributed by atoms with Crippen LogP contribution in [0.15, 0.2) is 0 Å². The van der Waals surface area contributed by atoms with E-state index in [1.165, 1.54) is 0 Å². The van der Waals surface area contributed by atoms with Crippen LogP contribution in [-0.2, 0) is 4.79 Å². The van der Waals surface area contributed by atoms with Crippen molar-refractivity contribution < 1.29 is 9.90 Å². The molecule has 0 aromatic carbocycles. The molecule has 12 heavy (non-hydrogen) atoms. The van der Waals surface area contributed by atoms with Crippen molar-refractivity contribution in [3.05, 3.63) is 0 Å². The average molecular weight is 194 g/mol. The number of amides is 1. The highest BCUT2D eigenvalue weighted by molar-refractivity contribution is 6.18. The second-order valence-corrected chi connectivity index (χ2v) is 3.44. The SMILES string of the molecule is CCC(C)(CO)NC(=O)CCCl. The first kappa shape index (κ1) is 11.7. The third kappa shape index (κ3) is 3.93. The van der Waals surface area contributed by atoms with Crippen LogP contribution in [0.4, 0.5) is 0 Å². The van der Waals surface area contributed by atoms with Gasteiger partial charge in [-0.15, -0.1) is 11.6 Å². The molecular formula is C8H16ClNO2. The normalized spacial score (nSPS) is 15.3. The molecule has 4 heteroatoms. The topological polar surface area (TPSA) is 49.3 Å². The van der Waals surface area contributed by atoms with Crippen LogP contribution in [-0.4, -0.2) is 29.0 Å². The lowest BCUT2D eigenvalue weighted by atomic mass is 10.0. The van der Waals surface area contributed by atoms with Gasteiger partial charge in [0, 0.05) is 12.3 Å². The van der Waals surface area contributed by atoms with Crippen molar-refractivity contribution in [1.29, 1.82) is 0 Å². The van der Waals surface area contributed by atoms with Crippen LogP contribution in [0.1, 0.15) is 26.7 Å². The third-order valence-corrected chi connectivity index (χ3v) is 2.08. The van der Waals surface area contributed by atoms with E-state index in [1.54, 1.807) is 6.92 Å². The summed E-state index contributed by atoms with van der Waals surface area (Å²) in [6, 6.07) is 0. The highest BCUT2D eigenvalue weighted by Crippen LogP contribution is 2.07. The summed E-state index contributed by atoms with van der Waals surface area (Å²) in [7, 11) is 0. The number of aliphatic hydroxyl groups excluding tert-OH is 1. The standard InChI is InChI=1S/C8H16ClNO2/c1-3-8(2,6-11)10-7(12)4-5-9/h11H,3-6H2,1-2H3,(H,10,12). The Kier molecular flexibility index (Phi) is 5.25. The first-order valence-corrected chi connectivity index (χ1v) is 4.59. The number of rotatable bonds is 5. The van der Waals surface area contributed by atoms with Crippen molar-refractivity contribution in [2.75, 3.05) is 12.5 Å². The van der Waals surface area contributed by atoms with E-state index in [2.05, 4.69) is 5.32 Å². The van der Waals surface area contributed by atoms with Crippen molar-refractivity contribution in [3.8, 4) is 0 Å². The number of alkyl halides is 1. The largest absolute Gasteiger partial charge is 0.394 e. The molecule has 0 aliphatic heterocycles. The number of hydrogen-bond acceptors (Lipinski definition) is 2. The smallest absolute Gasteiger partial charge is 0.221 e. The maximum Gasteiger partial charge on any atom is 0.221 e. The maximum atomic E-state index is 11.1. The maximum absolute atomic E-state index is 11.1. The van der Waals surface area contributed by atoms with Gasteiger partial charge in [-0.2, -0.15) is 0 Å². The van der Waals surface area contributed by atoms with E-state index in [1.807, 2.05) is 6.92 Å². The summed E-state index contributed by atoms with van der Waals surface area (Å²) < 4.78 is 0. The summed E-state index contributed by atoms with van der Waals surface area (Å²) >= 11 is 5.39. The first-order valence-electron chi connectivity index (χ1n) is 4.06. The number of hydrogen-bond donors (Lipinski definition) is 2. The van der Waals surface area contributed by atoms with Gasteiger partial charge in [-0.1, -0.05) is 6.92 Å². The molecule has 72 valence electrons. The molecule has 2 N–H and O–H groups in total. The van der Waals surface area contributed by atoms with Gasteiger partial charge in [0.2, 0.25) is 5.91 Å². The molecule has 0 bridgehead atoms. The molecule has 0 saturated heterocycles. The highest BCUT2D eigenvalue weighted by Gasteiger charge is 2.22. The van der Waals surface area contributed by atoms with Gasteiger partial charge < -0.3 is 10.4 Å². The van der Waals surface area contributed by atoms with Crippen molar-refractivity contribution >= 4 is 17.5 Å². The lowest BCUT2D eigenvalue weighted by molar-refractivity contribution is -0.123. The molecule has 1 atom stereocenters. The van der Waals surface area contributed by atoms with E-state index < -0.39 is 5.54 Å². The number of aliphatic hydroxyl groups is 1. The molecule has 0 aromatic rings. The predicted octanol–water partition coefficient (Wildman–Crippen LogP) is 0.892. The number of carbonyl (C=O) groups is 1. The van der Waals surface area contributed by atoms with Crippen LogP contribution in [0, 0.1) is 0 Å². The van der Waals surface area contributed by atoms with Gasteiger partial charge in [0.15, 0.2) is 0 Å². The Bertz CT molecular complexity index is 146. The first-order chi connectivity index (χ1) is 5.58. The summed E-state index contributed by atoms with van der Waals surface area (Å²) in [6.07, 6.45) is 1.01. The fourth-order valence-electron chi connectivity index (χ4n) is 0.725. The van der Waals surface area contributed by atoms with Gasteiger partial charge in [0.1, 0.15) is 0 Å². The monoisotopic (exact) mass is 193 g/mol. The summed E-state index contributed by atoms with van der Waals surface area (Å²) in [5, 5.41) is 11.7. The van der Waals surface area contributed by atoms with E-state index in [-0.39, 0.29) is 12.5 Å². The minimum Gasteiger partial charge on any atom is -0.394 e. The van der Waals surface area contributed by atoms with Crippen LogP contribution in [0.3, 0.4) is 0 Å². The van der Waals surface area contributed by atoms with Crippen molar-refractivity contribution in [1.82, 2.24) is 5.32 Å². The van der Waals surface area contributed by atoms with Gasteiger partial charge in [-0.25, -0.2) is 0 Å². The Morgan fingerprint density at radius 2 is 2.25 bits per heavy atom. The molecular weight excluding hydrogens is 178 g/mol. The molecule has 0 radical (unpaired) electrons. The third-order valence-electron chi connectivity index (χ3n) is 1.89. The molecule has 1 amide bonds. The van der Waals surface area contributed by atoms with E-state index in [0.29, 0.717) is 18.7 Å². The second kappa shape index (κ2) is 5.38. The van der Waals surface area contributed by atoms with Gasteiger partial charge in [0.05, 0.1) is 12.1 Å².